The molecule has 0 atom stereocenters. The van der Waals surface area contributed by atoms with Gasteiger partial charge in [-0.2, -0.15) is 5.10 Å². The predicted octanol–water partition coefficient (Wildman–Crippen LogP) is 1.07. The van der Waals surface area contributed by atoms with E-state index in [0.717, 1.165) is 0 Å². The zero-order valence-corrected chi connectivity index (χ0v) is 7.60. The molecule has 0 spiro atoms. The minimum absolute atomic E-state index is 0.339. The first-order valence-electron chi connectivity index (χ1n) is 4.05. The molecule has 0 radical (unpaired) electrons. The molecular formula is C9H9N3O2. The van der Waals surface area contributed by atoms with Crippen molar-refractivity contribution in [1.29, 1.82) is 0 Å². The average Bonchev–Trinajstić information content (AvgIpc) is 2.76. The van der Waals surface area contributed by atoms with Crippen LogP contribution in [-0.2, 0) is 7.05 Å². The van der Waals surface area contributed by atoms with Crippen LogP contribution < -0.4 is 5.73 Å². The van der Waals surface area contributed by atoms with Crippen LogP contribution in [0.4, 0.5) is 5.82 Å². The molecule has 2 rings (SSSR count). The molecule has 5 heteroatoms. The zero-order valence-electron chi connectivity index (χ0n) is 7.60. The Labute approximate surface area is 80.1 Å². The van der Waals surface area contributed by atoms with Gasteiger partial charge in [0.15, 0.2) is 12.0 Å². The molecule has 0 saturated heterocycles. The normalized spacial score (nSPS) is 10.4. The van der Waals surface area contributed by atoms with Gasteiger partial charge in [-0.25, -0.2) is 0 Å². The Morgan fingerprint density at radius 2 is 2.43 bits per heavy atom. The maximum absolute atomic E-state index is 10.8. The monoisotopic (exact) mass is 191 g/mol. The number of nitrogen functional groups attached to an aromatic ring is 1. The third-order valence-electron chi connectivity index (χ3n) is 2.00. The van der Waals surface area contributed by atoms with E-state index in [1.165, 1.54) is 10.9 Å². The Morgan fingerprint density at radius 1 is 1.64 bits per heavy atom. The van der Waals surface area contributed by atoms with E-state index in [-0.39, 0.29) is 0 Å². The smallest absolute Gasteiger partial charge is 0.156 e. The van der Waals surface area contributed by atoms with E-state index in [0.29, 0.717) is 29.1 Å². The Bertz CT molecular complexity index is 457. The molecule has 2 aromatic rings. The van der Waals surface area contributed by atoms with E-state index in [9.17, 15) is 4.79 Å². The molecule has 0 aliphatic heterocycles. The summed E-state index contributed by atoms with van der Waals surface area (Å²) in [4.78, 5) is 10.8. The molecule has 0 bridgehead atoms. The molecule has 14 heavy (non-hydrogen) atoms. The minimum Gasteiger partial charge on any atom is -0.463 e. The fourth-order valence-corrected chi connectivity index (χ4v) is 1.26. The first-order valence-corrected chi connectivity index (χ1v) is 4.05. The topological polar surface area (TPSA) is 74.0 Å². The quantitative estimate of drug-likeness (QED) is 0.720. The van der Waals surface area contributed by atoms with Gasteiger partial charge in [0.2, 0.25) is 0 Å². The first-order chi connectivity index (χ1) is 6.74. The van der Waals surface area contributed by atoms with E-state index < -0.39 is 0 Å². The number of aryl methyl sites for hydroxylation is 1. The van der Waals surface area contributed by atoms with E-state index in [4.69, 9.17) is 10.2 Å². The van der Waals surface area contributed by atoms with E-state index in [1.54, 1.807) is 19.2 Å². The highest BCUT2D eigenvalue weighted by atomic mass is 16.3. The Kier molecular flexibility index (Phi) is 1.85. The Hall–Kier alpha value is -2.04. The number of furan rings is 1. The number of nitrogens with zero attached hydrogens (tertiary/aromatic N) is 2. The van der Waals surface area contributed by atoms with Gasteiger partial charge in [0, 0.05) is 7.05 Å². The molecule has 0 saturated carbocycles. The van der Waals surface area contributed by atoms with Gasteiger partial charge in [0.1, 0.15) is 11.5 Å². The molecule has 0 aliphatic carbocycles. The van der Waals surface area contributed by atoms with Crippen LogP contribution in [0, 0.1) is 0 Å². The summed E-state index contributed by atoms with van der Waals surface area (Å²) in [5, 5.41) is 4.09. The van der Waals surface area contributed by atoms with Crippen LogP contribution in [0.5, 0.6) is 0 Å². The number of hydrogen-bond donors (Lipinski definition) is 1. The lowest BCUT2D eigenvalue weighted by molar-refractivity contribution is 0.112. The molecule has 0 aromatic carbocycles. The fraction of sp³-hybridized carbons (Fsp3) is 0.111. The maximum atomic E-state index is 10.8. The van der Waals surface area contributed by atoms with Crippen molar-refractivity contribution in [3.05, 3.63) is 24.0 Å². The number of aldehydes is 1. The second-order valence-corrected chi connectivity index (χ2v) is 2.87. The summed E-state index contributed by atoms with van der Waals surface area (Å²) in [6.07, 6.45) is 2.20. The number of carbonyl (C=O) groups is 1. The molecule has 5 nitrogen and oxygen atoms in total. The largest absolute Gasteiger partial charge is 0.463 e. The Morgan fingerprint density at radius 3 is 3.00 bits per heavy atom. The summed E-state index contributed by atoms with van der Waals surface area (Å²) in [5.41, 5.74) is 6.49. The summed E-state index contributed by atoms with van der Waals surface area (Å²) in [7, 11) is 1.68. The molecule has 2 heterocycles. The van der Waals surface area contributed by atoms with Crippen molar-refractivity contribution < 1.29 is 9.21 Å². The van der Waals surface area contributed by atoms with Gasteiger partial charge in [-0.3, -0.25) is 9.48 Å². The highest BCUT2D eigenvalue weighted by Crippen LogP contribution is 2.25. The van der Waals surface area contributed by atoms with Gasteiger partial charge in [-0.15, -0.1) is 0 Å². The lowest BCUT2D eigenvalue weighted by Crippen LogP contribution is -1.98. The number of aromatic nitrogens is 2. The maximum Gasteiger partial charge on any atom is 0.156 e. The van der Waals surface area contributed by atoms with Crippen LogP contribution in [0.2, 0.25) is 0 Å². The van der Waals surface area contributed by atoms with Gasteiger partial charge in [0.25, 0.3) is 0 Å². The number of nitrogens with two attached hydrogens (primary N) is 1. The third kappa shape index (κ3) is 1.10. The van der Waals surface area contributed by atoms with Gasteiger partial charge in [-0.05, 0) is 12.1 Å². The van der Waals surface area contributed by atoms with Crippen LogP contribution in [0.25, 0.3) is 11.5 Å². The highest BCUT2D eigenvalue weighted by Gasteiger charge is 2.16. The van der Waals surface area contributed by atoms with Crippen molar-refractivity contribution in [2.45, 2.75) is 0 Å². The SMILES string of the molecule is Cn1nc(-c2ccco2)c(C=O)c1N. The summed E-state index contributed by atoms with van der Waals surface area (Å²) in [6.45, 7) is 0. The molecular weight excluding hydrogens is 182 g/mol. The van der Waals surface area contributed by atoms with Gasteiger partial charge < -0.3 is 10.2 Å². The van der Waals surface area contributed by atoms with Crippen LogP contribution in [-0.4, -0.2) is 16.1 Å². The van der Waals surface area contributed by atoms with Crippen molar-refractivity contribution in [3.63, 3.8) is 0 Å². The second-order valence-electron chi connectivity index (χ2n) is 2.87. The van der Waals surface area contributed by atoms with E-state index >= 15 is 0 Å². The molecule has 0 fully saturated rings. The second kappa shape index (κ2) is 3.02. The third-order valence-corrected chi connectivity index (χ3v) is 2.00. The van der Waals surface area contributed by atoms with E-state index in [1.807, 2.05) is 0 Å². The lowest BCUT2D eigenvalue weighted by atomic mass is 10.2. The van der Waals surface area contributed by atoms with Gasteiger partial charge in [0.05, 0.1) is 11.8 Å². The molecule has 2 aromatic heterocycles. The molecule has 0 unspecified atom stereocenters. The van der Waals surface area contributed by atoms with Gasteiger partial charge >= 0.3 is 0 Å². The zero-order chi connectivity index (χ0) is 10.1. The molecule has 72 valence electrons. The van der Waals surface area contributed by atoms with Crippen molar-refractivity contribution >= 4 is 12.1 Å². The van der Waals surface area contributed by atoms with E-state index in [2.05, 4.69) is 5.10 Å². The minimum atomic E-state index is 0.339. The van der Waals surface area contributed by atoms with Crippen molar-refractivity contribution in [3.8, 4) is 11.5 Å². The number of carbonyl (C=O) groups excluding carboxylic acids is 1. The summed E-state index contributed by atoms with van der Waals surface area (Å²) in [6, 6.07) is 3.46. The number of anilines is 1. The van der Waals surface area contributed by atoms with Gasteiger partial charge in [-0.1, -0.05) is 0 Å². The molecule has 0 aliphatic rings. The predicted molar refractivity (Wildman–Crippen MR) is 50.7 cm³/mol. The van der Waals surface area contributed by atoms with Crippen LogP contribution in [0.15, 0.2) is 22.8 Å². The number of rotatable bonds is 2. The lowest BCUT2D eigenvalue weighted by Gasteiger charge is -1.91. The Balaban J connectivity index is 2.64. The fourth-order valence-electron chi connectivity index (χ4n) is 1.26. The van der Waals surface area contributed by atoms with Crippen LogP contribution in [0.3, 0.4) is 0 Å². The molecule has 0 amide bonds. The van der Waals surface area contributed by atoms with Crippen molar-refractivity contribution in [2.24, 2.45) is 7.05 Å². The number of hydrogen-bond acceptors (Lipinski definition) is 4. The van der Waals surface area contributed by atoms with Crippen LogP contribution >= 0.6 is 0 Å². The van der Waals surface area contributed by atoms with Crippen molar-refractivity contribution in [1.82, 2.24) is 9.78 Å². The highest BCUT2D eigenvalue weighted by molar-refractivity contribution is 5.90. The first kappa shape index (κ1) is 8.55. The average molecular weight is 191 g/mol. The summed E-state index contributed by atoms with van der Waals surface area (Å²) in [5.74, 6) is 0.880. The standard InChI is InChI=1S/C9H9N3O2/c1-12-9(10)6(5-13)8(11-12)7-3-2-4-14-7/h2-5H,10H2,1H3. The summed E-state index contributed by atoms with van der Waals surface area (Å²) >= 11 is 0. The van der Waals surface area contributed by atoms with Crippen molar-refractivity contribution in [2.75, 3.05) is 5.73 Å². The molecule has 2 N–H and O–H groups in total. The van der Waals surface area contributed by atoms with Crippen LogP contribution in [0.1, 0.15) is 10.4 Å². The summed E-state index contributed by atoms with van der Waals surface area (Å²) < 4.78 is 6.59.